The molecule has 0 aliphatic rings. The van der Waals surface area contributed by atoms with Crippen molar-refractivity contribution in [1.82, 2.24) is 20.1 Å². The van der Waals surface area contributed by atoms with Crippen LogP contribution in [0.1, 0.15) is 22.8 Å². The molecule has 0 saturated carbocycles. The van der Waals surface area contributed by atoms with E-state index in [4.69, 9.17) is 4.74 Å². The van der Waals surface area contributed by atoms with Gasteiger partial charge in [0.15, 0.2) is 0 Å². The van der Waals surface area contributed by atoms with Crippen LogP contribution in [0.15, 0.2) is 61.2 Å². The topological polar surface area (TPSA) is 92.8 Å². The van der Waals surface area contributed by atoms with Gasteiger partial charge >= 0.3 is 0 Å². The first-order valence-electron chi connectivity index (χ1n) is 8.06. The number of nitriles is 1. The van der Waals surface area contributed by atoms with E-state index in [1.165, 1.54) is 6.33 Å². The fourth-order valence-electron chi connectivity index (χ4n) is 2.46. The van der Waals surface area contributed by atoms with Gasteiger partial charge in [0.05, 0.1) is 17.7 Å². The number of carbonyl (C=O) groups excluding carboxylic acids is 1. The highest BCUT2D eigenvalue weighted by Crippen LogP contribution is 2.27. The van der Waals surface area contributed by atoms with Gasteiger partial charge in [-0.25, -0.2) is 4.98 Å². The molecular weight excluding hydrogens is 330 g/mol. The molecule has 3 rings (SSSR count). The first kappa shape index (κ1) is 17.2. The molecule has 0 unspecified atom stereocenters. The molecule has 7 nitrogen and oxygen atoms in total. The van der Waals surface area contributed by atoms with E-state index >= 15 is 0 Å². The second kappa shape index (κ2) is 7.94. The quantitative estimate of drug-likeness (QED) is 0.740. The van der Waals surface area contributed by atoms with Gasteiger partial charge < -0.3 is 10.1 Å². The highest BCUT2D eigenvalue weighted by molar-refractivity contribution is 5.97. The van der Waals surface area contributed by atoms with Crippen LogP contribution in [-0.2, 0) is 6.54 Å². The molecule has 0 aliphatic heterocycles. The predicted molar refractivity (Wildman–Crippen MR) is 94.6 cm³/mol. The zero-order valence-electron chi connectivity index (χ0n) is 14.2. The minimum absolute atomic E-state index is 0.149. The number of para-hydroxylation sites is 2. The van der Waals surface area contributed by atoms with Crippen molar-refractivity contribution in [3.05, 3.63) is 72.3 Å². The fourth-order valence-corrected chi connectivity index (χ4v) is 2.46. The van der Waals surface area contributed by atoms with Crippen molar-refractivity contribution in [3.63, 3.8) is 0 Å². The molecule has 1 heterocycles. The first-order chi connectivity index (χ1) is 12.7. The number of nitrogens with zero attached hydrogens (tertiary/aromatic N) is 4. The van der Waals surface area contributed by atoms with Crippen molar-refractivity contribution in [3.8, 4) is 17.6 Å². The zero-order valence-corrected chi connectivity index (χ0v) is 14.2. The second-order valence-corrected chi connectivity index (χ2v) is 5.70. The monoisotopic (exact) mass is 347 g/mol. The molecule has 2 aromatic carbocycles. The molecule has 1 atom stereocenters. The molecule has 130 valence electrons. The van der Waals surface area contributed by atoms with Crippen molar-refractivity contribution in [2.75, 3.05) is 0 Å². The van der Waals surface area contributed by atoms with Gasteiger partial charge in [-0.3, -0.25) is 9.48 Å². The number of hydrogen-bond acceptors (Lipinski definition) is 5. The summed E-state index contributed by atoms with van der Waals surface area (Å²) < 4.78 is 7.48. The average Bonchev–Trinajstić information content (AvgIpc) is 3.15. The van der Waals surface area contributed by atoms with Gasteiger partial charge in [-0.05, 0) is 31.2 Å². The molecule has 1 aromatic heterocycles. The van der Waals surface area contributed by atoms with Gasteiger partial charge in [-0.15, -0.1) is 0 Å². The summed E-state index contributed by atoms with van der Waals surface area (Å²) in [6, 6.07) is 15.8. The number of benzene rings is 2. The molecule has 3 aromatic rings. The average molecular weight is 347 g/mol. The maximum Gasteiger partial charge on any atom is 0.255 e. The normalized spacial score (nSPS) is 11.4. The van der Waals surface area contributed by atoms with Crippen molar-refractivity contribution in [1.29, 1.82) is 5.26 Å². The van der Waals surface area contributed by atoms with Crippen molar-refractivity contribution in [2.24, 2.45) is 0 Å². The van der Waals surface area contributed by atoms with Crippen LogP contribution >= 0.6 is 0 Å². The molecule has 0 radical (unpaired) electrons. The first-order valence-corrected chi connectivity index (χ1v) is 8.06. The highest BCUT2D eigenvalue weighted by Gasteiger charge is 2.16. The molecule has 0 bridgehead atoms. The van der Waals surface area contributed by atoms with E-state index in [2.05, 4.69) is 21.5 Å². The number of aromatic nitrogens is 3. The molecule has 1 N–H and O–H groups in total. The molecule has 0 saturated heterocycles. The van der Waals surface area contributed by atoms with E-state index in [9.17, 15) is 10.1 Å². The van der Waals surface area contributed by atoms with E-state index < -0.39 is 0 Å². The lowest BCUT2D eigenvalue weighted by molar-refractivity contribution is 0.0933. The number of carbonyl (C=O) groups is 1. The fraction of sp³-hybridized carbons (Fsp3) is 0.158. The summed E-state index contributed by atoms with van der Waals surface area (Å²) in [5, 5.41) is 16.1. The van der Waals surface area contributed by atoms with Gasteiger partial charge in [0.2, 0.25) is 0 Å². The predicted octanol–water partition coefficient (Wildman–Crippen LogP) is 2.76. The largest absolute Gasteiger partial charge is 0.455 e. The van der Waals surface area contributed by atoms with Crippen LogP contribution in [0, 0.1) is 11.3 Å². The molecule has 7 heteroatoms. The van der Waals surface area contributed by atoms with E-state index in [1.807, 2.05) is 6.92 Å². The van der Waals surface area contributed by atoms with Crippen molar-refractivity contribution < 1.29 is 9.53 Å². The maximum atomic E-state index is 12.6. The van der Waals surface area contributed by atoms with E-state index in [0.29, 0.717) is 29.2 Å². The minimum atomic E-state index is -0.261. The van der Waals surface area contributed by atoms with Gasteiger partial charge in [0.25, 0.3) is 5.91 Å². The van der Waals surface area contributed by atoms with Crippen LogP contribution in [0.4, 0.5) is 0 Å². The van der Waals surface area contributed by atoms with Gasteiger partial charge in [-0.1, -0.05) is 24.3 Å². The Bertz CT molecular complexity index is 931. The Hall–Kier alpha value is -3.66. The smallest absolute Gasteiger partial charge is 0.255 e. The van der Waals surface area contributed by atoms with Crippen LogP contribution in [0.25, 0.3) is 0 Å². The number of nitrogens with one attached hydrogen (secondary N) is 1. The maximum absolute atomic E-state index is 12.6. The number of ether oxygens (including phenoxy) is 1. The Labute approximate surface area is 150 Å². The standard InChI is InChI=1S/C19H17N5O2/c1-14(11-24-13-21-12-22-24)23-19(25)16-7-3-5-9-18(16)26-17-8-4-2-6-15(17)10-20/h2-9,12-14H,11H2,1H3,(H,23,25)/t14-/m0/s1. The summed E-state index contributed by atoms with van der Waals surface area (Å²) in [5.41, 5.74) is 0.799. The molecule has 0 aliphatic carbocycles. The summed E-state index contributed by atoms with van der Waals surface area (Å²) in [6.45, 7) is 2.39. The SMILES string of the molecule is C[C@@H](Cn1cncn1)NC(=O)c1ccccc1Oc1ccccc1C#N. The van der Waals surface area contributed by atoms with Crippen LogP contribution in [0.5, 0.6) is 11.5 Å². The summed E-state index contributed by atoms with van der Waals surface area (Å²) in [6.07, 6.45) is 3.04. The lowest BCUT2D eigenvalue weighted by Crippen LogP contribution is -2.36. The number of amides is 1. The third-order valence-corrected chi connectivity index (χ3v) is 3.66. The van der Waals surface area contributed by atoms with E-state index in [0.717, 1.165) is 0 Å². The lowest BCUT2D eigenvalue weighted by atomic mass is 10.1. The Morgan fingerprint density at radius 1 is 1.23 bits per heavy atom. The molecular formula is C19H17N5O2. The number of rotatable bonds is 6. The van der Waals surface area contributed by atoms with Crippen LogP contribution < -0.4 is 10.1 Å². The van der Waals surface area contributed by atoms with E-state index in [1.54, 1.807) is 59.5 Å². The van der Waals surface area contributed by atoms with Gasteiger partial charge in [0, 0.05) is 6.04 Å². The summed E-state index contributed by atoms with van der Waals surface area (Å²) >= 11 is 0. The Morgan fingerprint density at radius 3 is 2.69 bits per heavy atom. The zero-order chi connectivity index (χ0) is 18.4. The molecule has 0 fully saturated rings. The molecule has 0 spiro atoms. The third-order valence-electron chi connectivity index (χ3n) is 3.66. The minimum Gasteiger partial charge on any atom is -0.455 e. The second-order valence-electron chi connectivity index (χ2n) is 5.70. The van der Waals surface area contributed by atoms with E-state index in [-0.39, 0.29) is 11.9 Å². The van der Waals surface area contributed by atoms with Crippen molar-refractivity contribution >= 4 is 5.91 Å². The molecule has 1 amide bonds. The van der Waals surface area contributed by atoms with Crippen LogP contribution in [-0.4, -0.2) is 26.7 Å². The third kappa shape index (κ3) is 4.05. The lowest BCUT2D eigenvalue weighted by Gasteiger charge is -2.16. The van der Waals surface area contributed by atoms with Gasteiger partial charge in [-0.2, -0.15) is 10.4 Å². The Morgan fingerprint density at radius 2 is 1.96 bits per heavy atom. The van der Waals surface area contributed by atoms with Crippen LogP contribution in [0.2, 0.25) is 0 Å². The highest BCUT2D eigenvalue weighted by atomic mass is 16.5. The molecule has 26 heavy (non-hydrogen) atoms. The summed E-state index contributed by atoms with van der Waals surface area (Å²) in [4.78, 5) is 16.5. The van der Waals surface area contributed by atoms with Crippen LogP contribution in [0.3, 0.4) is 0 Å². The number of hydrogen-bond donors (Lipinski definition) is 1. The van der Waals surface area contributed by atoms with Crippen molar-refractivity contribution in [2.45, 2.75) is 19.5 Å². The Balaban J connectivity index is 1.76. The summed E-state index contributed by atoms with van der Waals surface area (Å²) in [7, 11) is 0. The Kier molecular flexibility index (Phi) is 5.25. The van der Waals surface area contributed by atoms with Gasteiger partial charge in [0.1, 0.15) is 30.2 Å². The summed E-state index contributed by atoms with van der Waals surface area (Å²) in [5.74, 6) is 0.536.